The van der Waals surface area contributed by atoms with Crippen LogP contribution in [0.2, 0.25) is 0 Å². The number of fused-ring (bicyclic) bond motifs is 1. The van der Waals surface area contributed by atoms with E-state index in [0.717, 1.165) is 16.7 Å². The van der Waals surface area contributed by atoms with Gasteiger partial charge in [0.25, 0.3) is 0 Å². The van der Waals surface area contributed by atoms with Gasteiger partial charge in [0.2, 0.25) is 5.91 Å². The molecule has 33 heavy (non-hydrogen) atoms. The maximum Gasteiger partial charge on any atom is 0.410 e. The monoisotopic (exact) mass is 447 g/mol. The van der Waals surface area contributed by atoms with E-state index >= 15 is 0 Å². The summed E-state index contributed by atoms with van der Waals surface area (Å²) in [5.41, 5.74) is 1.63. The topological polar surface area (TPSA) is 80.8 Å². The third-order valence-corrected chi connectivity index (χ3v) is 5.73. The number of carbonyl (C=O) groups is 2. The Hall–Kier alpha value is -3.61. The Morgan fingerprint density at radius 1 is 1.06 bits per heavy atom. The van der Waals surface area contributed by atoms with Crippen LogP contribution in [0.1, 0.15) is 38.7 Å². The zero-order valence-corrected chi connectivity index (χ0v) is 19.4. The average Bonchev–Trinajstić information content (AvgIpc) is 3.24. The zero-order valence-electron chi connectivity index (χ0n) is 19.4. The molecule has 1 aliphatic heterocycles. The predicted octanol–water partition coefficient (Wildman–Crippen LogP) is 4.98. The normalized spacial score (nSPS) is 18.2. The number of amides is 2. The van der Waals surface area contributed by atoms with Crippen molar-refractivity contribution in [2.24, 2.45) is 0 Å². The number of para-hydroxylation sites is 1. The van der Waals surface area contributed by atoms with Gasteiger partial charge < -0.3 is 14.8 Å². The lowest BCUT2D eigenvalue weighted by molar-refractivity contribution is -0.120. The quantitative estimate of drug-likeness (QED) is 0.610. The summed E-state index contributed by atoms with van der Waals surface area (Å²) in [6.45, 7) is 5.88. The molecule has 172 valence electrons. The van der Waals surface area contributed by atoms with Crippen LogP contribution in [0.25, 0.3) is 10.9 Å². The van der Waals surface area contributed by atoms with Crippen molar-refractivity contribution in [2.75, 3.05) is 19.0 Å². The second-order valence-corrected chi connectivity index (χ2v) is 9.16. The van der Waals surface area contributed by atoms with Crippen molar-refractivity contribution in [3.63, 3.8) is 0 Å². The lowest BCUT2D eigenvalue weighted by atomic mass is 9.91. The number of anilines is 1. The summed E-state index contributed by atoms with van der Waals surface area (Å²) in [5, 5.41) is 3.95. The number of hydrogen-bond acceptors (Lipinski definition) is 5. The van der Waals surface area contributed by atoms with Gasteiger partial charge in [-0.05, 0) is 57.0 Å². The van der Waals surface area contributed by atoms with Crippen LogP contribution >= 0.6 is 0 Å². The van der Waals surface area contributed by atoms with Gasteiger partial charge in [0.1, 0.15) is 17.4 Å². The van der Waals surface area contributed by atoms with Gasteiger partial charge in [-0.2, -0.15) is 0 Å². The smallest absolute Gasteiger partial charge is 0.410 e. The molecule has 2 aromatic carbocycles. The maximum atomic E-state index is 13.6. The standard InChI is InChI=1S/C26H29N3O4/c1-26(2,3)33-25(31)29-16-14-20(17-10-12-19(32-4)13-11-17)23(29)24(30)28-21-9-5-7-18-8-6-15-27-22(18)21/h5-13,15,20,23H,14,16H2,1-4H3,(H,28,30)/t20-,23-/m0/s1. The van der Waals surface area contributed by atoms with E-state index in [1.54, 1.807) is 13.3 Å². The Kier molecular flexibility index (Phi) is 6.22. The second-order valence-electron chi connectivity index (χ2n) is 9.16. The minimum Gasteiger partial charge on any atom is -0.497 e. The number of rotatable bonds is 4. The Bertz CT molecular complexity index is 1150. The number of benzene rings is 2. The largest absolute Gasteiger partial charge is 0.497 e. The molecule has 2 heterocycles. The predicted molar refractivity (Wildman–Crippen MR) is 127 cm³/mol. The van der Waals surface area contributed by atoms with Crippen molar-refractivity contribution in [1.29, 1.82) is 0 Å². The summed E-state index contributed by atoms with van der Waals surface area (Å²) < 4.78 is 10.9. The van der Waals surface area contributed by atoms with Gasteiger partial charge in [-0.25, -0.2) is 4.79 Å². The molecule has 2 amide bonds. The van der Waals surface area contributed by atoms with E-state index in [4.69, 9.17) is 9.47 Å². The molecule has 0 spiro atoms. The van der Waals surface area contributed by atoms with E-state index in [-0.39, 0.29) is 11.8 Å². The number of carbonyl (C=O) groups excluding carboxylic acids is 2. The molecule has 0 saturated carbocycles. The fourth-order valence-electron chi connectivity index (χ4n) is 4.25. The molecule has 0 aliphatic carbocycles. The van der Waals surface area contributed by atoms with E-state index in [1.165, 1.54) is 4.90 Å². The van der Waals surface area contributed by atoms with Crippen molar-refractivity contribution in [3.8, 4) is 5.75 Å². The van der Waals surface area contributed by atoms with E-state index in [1.807, 2.05) is 75.4 Å². The van der Waals surface area contributed by atoms with Crippen LogP contribution in [0.4, 0.5) is 10.5 Å². The number of likely N-dealkylation sites (tertiary alicyclic amines) is 1. The molecule has 1 aliphatic rings. The molecule has 3 aromatic rings. The first kappa shape index (κ1) is 22.6. The van der Waals surface area contributed by atoms with Gasteiger partial charge in [0.05, 0.1) is 18.3 Å². The summed E-state index contributed by atoms with van der Waals surface area (Å²) in [7, 11) is 1.61. The minimum atomic E-state index is -0.716. The summed E-state index contributed by atoms with van der Waals surface area (Å²) in [5.74, 6) is 0.298. The van der Waals surface area contributed by atoms with Crippen molar-refractivity contribution < 1.29 is 19.1 Å². The Labute approximate surface area is 193 Å². The Morgan fingerprint density at radius 3 is 2.48 bits per heavy atom. The van der Waals surface area contributed by atoms with Crippen LogP contribution in [0.5, 0.6) is 5.75 Å². The van der Waals surface area contributed by atoms with Crippen molar-refractivity contribution in [3.05, 3.63) is 66.4 Å². The summed E-state index contributed by atoms with van der Waals surface area (Å²) in [4.78, 5) is 32.6. The number of ether oxygens (including phenoxy) is 2. The molecule has 0 unspecified atom stereocenters. The lowest BCUT2D eigenvalue weighted by Gasteiger charge is -2.30. The van der Waals surface area contributed by atoms with Gasteiger partial charge in [0, 0.05) is 24.0 Å². The third kappa shape index (κ3) is 4.92. The molecule has 7 heteroatoms. The molecule has 2 atom stereocenters. The molecular formula is C26H29N3O4. The molecular weight excluding hydrogens is 418 g/mol. The third-order valence-electron chi connectivity index (χ3n) is 5.73. The summed E-state index contributed by atoms with van der Waals surface area (Å²) in [6.07, 6.45) is 1.85. The fourth-order valence-corrected chi connectivity index (χ4v) is 4.25. The number of methoxy groups -OCH3 is 1. The zero-order chi connectivity index (χ0) is 23.6. The van der Waals surface area contributed by atoms with Crippen LogP contribution in [-0.2, 0) is 9.53 Å². The van der Waals surface area contributed by atoms with Crippen molar-refractivity contribution in [1.82, 2.24) is 9.88 Å². The number of hydrogen-bond donors (Lipinski definition) is 1. The van der Waals surface area contributed by atoms with Crippen LogP contribution in [0.15, 0.2) is 60.8 Å². The SMILES string of the molecule is COc1ccc([C@@H]2CCN(C(=O)OC(C)(C)C)[C@@H]2C(=O)Nc2cccc3cccnc23)cc1. The van der Waals surface area contributed by atoms with Gasteiger partial charge in [-0.3, -0.25) is 14.7 Å². The molecule has 1 N–H and O–H groups in total. The second kappa shape index (κ2) is 9.10. The van der Waals surface area contributed by atoms with Gasteiger partial charge in [0.15, 0.2) is 0 Å². The van der Waals surface area contributed by atoms with Crippen molar-refractivity contribution in [2.45, 2.75) is 44.8 Å². The number of nitrogens with zero attached hydrogens (tertiary/aromatic N) is 2. The van der Waals surface area contributed by atoms with Gasteiger partial charge >= 0.3 is 6.09 Å². The first-order valence-electron chi connectivity index (χ1n) is 11.0. The van der Waals surface area contributed by atoms with Crippen LogP contribution in [0, 0.1) is 0 Å². The molecule has 0 radical (unpaired) electrons. The molecule has 0 bridgehead atoms. The highest BCUT2D eigenvalue weighted by molar-refractivity contribution is 6.03. The first-order valence-corrected chi connectivity index (χ1v) is 11.0. The highest BCUT2D eigenvalue weighted by Crippen LogP contribution is 2.36. The minimum absolute atomic E-state index is 0.175. The number of nitrogens with one attached hydrogen (secondary N) is 1. The summed E-state index contributed by atoms with van der Waals surface area (Å²) >= 11 is 0. The highest BCUT2D eigenvalue weighted by Gasteiger charge is 2.44. The van der Waals surface area contributed by atoms with Gasteiger partial charge in [-0.1, -0.05) is 30.3 Å². The van der Waals surface area contributed by atoms with E-state index in [2.05, 4.69) is 10.3 Å². The van der Waals surface area contributed by atoms with Crippen LogP contribution in [-0.4, -0.2) is 47.2 Å². The molecule has 1 aromatic heterocycles. The van der Waals surface area contributed by atoms with Crippen LogP contribution in [0.3, 0.4) is 0 Å². The molecule has 1 fully saturated rings. The van der Waals surface area contributed by atoms with Gasteiger partial charge in [-0.15, -0.1) is 0 Å². The van der Waals surface area contributed by atoms with Crippen molar-refractivity contribution >= 4 is 28.6 Å². The average molecular weight is 448 g/mol. The van der Waals surface area contributed by atoms with Crippen LogP contribution < -0.4 is 10.1 Å². The maximum absolute atomic E-state index is 13.6. The summed E-state index contributed by atoms with van der Waals surface area (Å²) in [6, 6.07) is 16.4. The Morgan fingerprint density at radius 2 is 1.79 bits per heavy atom. The van der Waals surface area contributed by atoms with E-state index < -0.39 is 17.7 Å². The molecule has 4 rings (SSSR count). The molecule has 1 saturated heterocycles. The molecule has 7 nitrogen and oxygen atoms in total. The lowest BCUT2D eigenvalue weighted by Crippen LogP contribution is -2.47. The first-order chi connectivity index (χ1) is 15.8. The highest BCUT2D eigenvalue weighted by atomic mass is 16.6. The number of aromatic nitrogens is 1. The number of pyridine rings is 1. The van der Waals surface area contributed by atoms with E-state index in [0.29, 0.717) is 24.2 Å². The van der Waals surface area contributed by atoms with E-state index in [9.17, 15) is 9.59 Å². The Balaban J connectivity index is 1.66. The fraction of sp³-hybridized carbons (Fsp3) is 0.346.